The van der Waals surface area contributed by atoms with Crippen LogP contribution in [0.1, 0.15) is 56.0 Å². The number of rotatable bonds is 6. The third-order valence-electron chi connectivity index (χ3n) is 6.11. The van der Waals surface area contributed by atoms with Crippen molar-refractivity contribution >= 4 is 29.1 Å². The van der Waals surface area contributed by atoms with Crippen LogP contribution >= 0.6 is 11.8 Å². The summed E-state index contributed by atoms with van der Waals surface area (Å²) in [6.45, 7) is 10.9. The van der Waals surface area contributed by atoms with Gasteiger partial charge in [-0.3, -0.25) is 9.79 Å². The zero-order valence-corrected chi connectivity index (χ0v) is 19.7. The average Bonchev–Trinajstić information content (AvgIpc) is 2.91. The number of carbonyl (C=O) groups is 1. The number of hydrogen-bond donors (Lipinski definition) is 1. The van der Waals surface area contributed by atoms with Crippen LogP contribution in [0.25, 0.3) is 0 Å². The lowest BCUT2D eigenvalue weighted by atomic mass is 9.92. The molecule has 1 amide bonds. The number of nitrogens with one attached hydrogen (secondary N) is 1. The molecular formula is C26H33N3OS. The second kappa shape index (κ2) is 10.0. The zero-order valence-electron chi connectivity index (χ0n) is 18.9. The van der Waals surface area contributed by atoms with Gasteiger partial charge < -0.3 is 10.2 Å². The Hall–Kier alpha value is -2.11. The maximum Gasteiger partial charge on any atom is 0.251 e. The predicted molar refractivity (Wildman–Crippen MR) is 130 cm³/mol. The van der Waals surface area contributed by atoms with Crippen molar-refractivity contribution in [3.05, 3.63) is 53.6 Å². The lowest BCUT2D eigenvalue weighted by Crippen LogP contribution is -2.40. The quantitative estimate of drug-likeness (QED) is 0.585. The molecule has 2 atom stereocenters. The molecule has 0 saturated carbocycles. The van der Waals surface area contributed by atoms with Crippen LogP contribution in [0.4, 0.5) is 5.69 Å². The van der Waals surface area contributed by atoms with Gasteiger partial charge in [-0.2, -0.15) is 0 Å². The summed E-state index contributed by atoms with van der Waals surface area (Å²) in [5.41, 5.74) is 3.84. The van der Waals surface area contributed by atoms with Crippen LogP contribution in [0, 0.1) is 11.8 Å². The van der Waals surface area contributed by atoms with Gasteiger partial charge in [0.15, 0.2) is 0 Å². The molecule has 0 aromatic heterocycles. The maximum absolute atomic E-state index is 12.8. The van der Waals surface area contributed by atoms with E-state index in [1.165, 1.54) is 30.0 Å². The molecule has 2 heterocycles. The fraction of sp³-hybridized carbons (Fsp3) is 0.462. The molecule has 31 heavy (non-hydrogen) atoms. The minimum Gasteiger partial charge on any atom is -0.352 e. The SMILES string of the molecule is CCC1=Nc2cc(C(=O)NCCCN3C[C@H](C)C[C@H](C)C3)ccc2Sc2ccccc21. The molecule has 2 aliphatic rings. The first-order valence-electron chi connectivity index (χ1n) is 11.5. The summed E-state index contributed by atoms with van der Waals surface area (Å²) in [6, 6.07) is 14.3. The van der Waals surface area contributed by atoms with Crippen molar-refractivity contribution in [1.29, 1.82) is 0 Å². The van der Waals surface area contributed by atoms with E-state index in [0.717, 1.165) is 47.5 Å². The third-order valence-corrected chi connectivity index (χ3v) is 7.25. The highest BCUT2D eigenvalue weighted by molar-refractivity contribution is 7.99. The van der Waals surface area contributed by atoms with E-state index in [4.69, 9.17) is 4.99 Å². The minimum absolute atomic E-state index is 0.0109. The number of piperidine rings is 1. The van der Waals surface area contributed by atoms with E-state index in [1.807, 2.05) is 18.2 Å². The molecule has 0 spiro atoms. The average molecular weight is 436 g/mol. The summed E-state index contributed by atoms with van der Waals surface area (Å²) >= 11 is 1.73. The van der Waals surface area contributed by atoms with Gasteiger partial charge in [-0.1, -0.05) is 50.7 Å². The Bertz CT molecular complexity index is 961. The maximum atomic E-state index is 12.8. The first kappa shape index (κ1) is 22.1. The van der Waals surface area contributed by atoms with Gasteiger partial charge >= 0.3 is 0 Å². The standard InChI is InChI=1S/C26H33N3OS/c1-4-22-21-8-5-6-9-24(21)31-25-11-10-20(15-23(25)28-22)26(30)27-12-7-13-29-16-18(2)14-19(3)17-29/h5-6,8-11,15,18-19H,4,7,12-14,16-17H2,1-3H3,(H,27,30)/t18-,19+. The monoisotopic (exact) mass is 435 g/mol. The van der Waals surface area contributed by atoms with Crippen LogP contribution in [0.2, 0.25) is 0 Å². The molecule has 4 rings (SSSR count). The van der Waals surface area contributed by atoms with Gasteiger partial charge in [-0.15, -0.1) is 0 Å². The van der Waals surface area contributed by atoms with Crippen molar-refractivity contribution < 1.29 is 4.79 Å². The first-order valence-corrected chi connectivity index (χ1v) is 12.3. The molecule has 164 valence electrons. The summed E-state index contributed by atoms with van der Waals surface area (Å²) in [6.07, 6.45) is 3.18. The molecule has 0 aliphatic carbocycles. The van der Waals surface area contributed by atoms with E-state index in [0.29, 0.717) is 12.1 Å². The number of likely N-dealkylation sites (tertiary alicyclic amines) is 1. The molecule has 2 aliphatic heterocycles. The fourth-order valence-electron chi connectivity index (χ4n) is 4.80. The Kier molecular flexibility index (Phi) is 7.13. The second-order valence-electron chi connectivity index (χ2n) is 9.01. The van der Waals surface area contributed by atoms with Crippen LogP contribution < -0.4 is 5.32 Å². The Morgan fingerprint density at radius 2 is 1.90 bits per heavy atom. The van der Waals surface area contributed by atoms with Crippen LogP contribution in [-0.4, -0.2) is 42.7 Å². The van der Waals surface area contributed by atoms with E-state index in [2.05, 4.69) is 55.3 Å². The van der Waals surface area contributed by atoms with Gasteiger partial charge in [0.1, 0.15) is 0 Å². The molecule has 1 fully saturated rings. The molecule has 0 bridgehead atoms. The molecule has 5 heteroatoms. The lowest BCUT2D eigenvalue weighted by Gasteiger charge is -2.34. The third kappa shape index (κ3) is 5.39. The van der Waals surface area contributed by atoms with E-state index in [-0.39, 0.29) is 5.91 Å². The van der Waals surface area contributed by atoms with Gasteiger partial charge in [-0.05, 0) is 61.9 Å². The van der Waals surface area contributed by atoms with Crippen LogP contribution in [0.5, 0.6) is 0 Å². The van der Waals surface area contributed by atoms with Crippen molar-refractivity contribution in [3.8, 4) is 0 Å². The number of benzene rings is 2. The van der Waals surface area contributed by atoms with E-state index in [1.54, 1.807) is 11.8 Å². The molecule has 4 nitrogen and oxygen atoms in total. The Morgan fingerprint density at radius 3 is 2.68 bits per heavy atom. The van der Waals surface area contributed by atoms with Crippen molar-refractivity contribution in [2.75, 3.05) is 26.2 Å². The van der Waals surface area contributed by atoms with E-state index < -0.39 is 0 Å². The number of nitrogens with zero attached hydrogens (tertiary/aromatic N) is 2. The summed E-state index contributed by atoms with van der Waals surface area (Å²) < 4.78 is 0. The van der Waals surface area contributed by atoms with Crippen molar-refractivity contribution in [2.45, 2.75) is 49.8 Å². The van der Waals surface area contributed by atoms with Gasteiger partial charge in [0, 0.05) is 46.3 Å². The van der Waals surface area contributed by atoms with Gasteiger partial charge in [0.05, 0.1) is 5.69 Å². The van der Waals surface area contributed by atoms with Gasteiger partial charge in [0.2, 0.25) is 0 Å². The van der Waals surface area contributed by atoms with Gasteiger partial charge in [0.25, 0.3) is 5.91 Å². The topological polar surface area (TPSA) is 44.7 Å². The molecule has 0 radical (unpaired) electrons. The second-order valence-corrected chi connectivity index (χ2v) is 10.1. The Morgan fingerprint density at radius 1 is 1.13 bits per heavy atom. The first-order chi connectivity index (χ1) is 15.0. The highest BCUT2D eigenvalue weighted by Crippen LogP contribution is 2.41. The number of hydrogen-bond acceptors (Lipinski definition) is 4. The molecule has 1 saturated heterocycles. The number of aliphatic imine (C=N–C) groups is 1. The largest absolute Gasteiger partial charge is 0.352 e. The number of carbonyl (C=O) groups excluding carboxylic acids is 1. The van der Waals surface area contributed by atoms with Crippen LogP contribution in [0.3, 0.4) is 0 Å². The fourth-order valence-corrected chi connectivity index (χ4v) is 5.83. The van der Waals surface area contributed by atoms with E-state index >= 15 is 0 Å². The predicted octanol–water partition coefficient (Wildman–Crippen LogP) is 5.78. The Labute approximate surface area is 190 Å². The van der Waals surface area contributed by atoms with E-state index in [9.17, 15) is 4.79 Å². The zero-order chi connectivity index (χ0) is 21.8. The highest BCUT2D eigenvalue weighted by Gasteiger charge is 2.21. The summed E-state index contributed by atoms with van der Waals surface area (Å²) in [5, 5.41) is 3.10. The molecular weight excluding hydrogens is 402 g/mol. The summed E-state index contributed by atoms with van der Waals surface area (Å²) in [4.78, 5) is 22.5. The van der Waals surface area contributed by atoms with Gasteiger partial charge in [-0.25, -0.2) is 0 Å². The molecule has 2 aromatic rings. The molecule has 1 N–H and O–H groups in total. The Balaban J connectivity index is 1.38. The van der Waals surface area contributed by atoms with Crippen molar-refractivity contribution in [2.24, 2.45) is 16.8 Å². The smallest absolute Gasteiger partial charge is 0.251 e. The summed E-state index contributed by atoms with van der Waals surface area (Å²) in [7, 11) is 0. The van der Waals surface area contributed by atoms with Crippen molar-refractivity contribution in [1.82, 2.24) is 10.2 Å². The molecule has 0 unspecified atom stereocenters. The molecule has 2 aromatic carbocycles. The van der Waals surface area contributed by atoms with Crippen LogP contribution in [0.15, 0.2) is 57.2 Å². The number of amides is 1. The van der Waals surface area contributed by atoms with Crippen LogP contribution in [-0.2, 0) is 0 Å². The highest BCUT2D eigenvalue weighted by atomic mass is 32.2. The van der Waals surface area contributed by atoms with Crippen molar-refractivity contribution in [3.63, 3.8) is 0 Å². The minimum atomic E-state index is -0.0109. The lowest BCUT2D eigenvalue weighted by molar-refractivity contribution is 0.0947. The number of fused-ring (bicyclic) bond motifs is 2. The normalized spacial score (nSPS) is 20.9. The summed E-state index contributed by atoms with van der Waals surface area (Å²) in [5.74, 6) is 1.54.